The third-order valence-electron chi connectivity index (χ3n) is 5.06. The Bertz CT molecular complexity index is 833. The van der Waals surface area contributed by atoms with E-state index in [1.54, 1.807) is 18.2 Å². The van der Waals surface area contributed by atoms with Gasteiger partial charge in [0.2, 0.25) is 11.8 Å². The third kappa shape index (κ3) is 3.85. The molecule has 142 valence electrons. The SMILES string of the molecule is N[C@H]1CN(c2cc(Oc3cccc(F)c3)ncn2)C[C@@H]1N1CCCCC1=O. The first-order valence-corrected chi connectivity index (χ1v) is 9.15. The van der Waals surface area contributed by atoms with Crippen LogP contribution in [0, 0.1) is 5.82 Å². The summed E-state index contributed by atoms with van der Waals surface area (Å²) in [5, 5.41) is 0. The molecule has 3 heterocycles. The van der Waals surface area contributed by atoms with Crippen molar-refractivity contribution < 1.29 is 13.9 Å². The second-order valence-electron chi connectivity index (χ2n) is 6.95. The molecular formula is C19H22FN5O2. The fourth-order valence-electron chi connectivity index (χ4n) is 3.72. The van der Waals surface area contributed by atoms with E-state index < -0.39 is 0 Å². The molecule has 1 aromatic carbocycles. The molecule has 1 amide bonds. The number of nitrogens with two attached hydrogens (primary N) is 1. The number of likely N-dealkylation sites (tertiary alicyclic amines) is 1. The van der Waals surface area contributed by atoms with Crippen molar-refractivity contribution in [2.24, 2.45) is 5.73 Å². The van der Waals surface area contributed by atoms with Gasteiger partial charge in [-0.2, -0.15) is 0 Å². The van der Waals surface area contributed by atoms with Crippen LogP contribution in [-0.4, -0.2) is 52.5 Å². The minimum Gasteiger partial charge on any atom is -0.439 e. The molecule has 2 aliphatic rings. The Morgan fingerprint density at radius 1 is 1.19 bits per heavy atom. The summed E-state index contributed by atoms with van der Waals surface area (Å²) in [6.45, 7) is 2.00. The summed E-state index contributed by atoms with van der Waals surface area (Å²) >= 11 is 0. The number of aromatic nitrogens is 2. The van der Waals surface area contributed by atoms with Crippen LogP contribution in [0.3, 0.4) is 0 Å². The molecule has 2 aromatic rings. The fraction of sp³-hybridized carbons (Fsp3) is 0.421. The van der Waals surface area contributed by atoms with Gasteiger partial charge in [0.05, 0.1) is 6.04 Å². The topological polar surface area (TPSA) is 84.6 Å². The smallest absolute Gasteiger partial charge is 0.224 e. The van der Waals surface area contributed by atoms with E-state index in [1.807, 2.05) is 9.80 Å². The van der Waals surface area contributed by atoms with Gasteiger partial charge in [0.1, 0.15) is 23.7 Å². The van der Waals surface area contributed by atoms with Crippen LogP contribution in [-0.2, 0) is 4.79 Å². The number of rotatable bonds is 4. The van der Waals surface area contributed by atoms with Gasteiger partial charge in [0.15, 0.2) is 0 Å². The maximum absolute atomic E-state index is 13.3. The lowest BCUT2D eigenvalue weighted by Gasteiger charge is -2.34. The number of nitrogens with zero attached hydrogens (tertiary/aromatic N) is 4. The van der Waals surface area contributed by atoms with Crippen LogP contribution in [0.15, 0.2) is 36.7 Å². The zero-order valence-corrected chi connectivity index (χ0v) is 14.9. The molecule has 7 nitrogen and oxygen atoms in total. The highest BCUT2D eigenvalue weighted by Gasteiger charge is 2.38. The Balaban J connectivity index is 1.48. The second-order valence-corrected chi connectivity index (χ2v) is 6.95. The molecule has 0 spiro atoms. The summed E-state index contributed by atoms with van der Waals surface area (Å²) in [6, 6.07) is 7.45. The van der Waals surface area contributed by atoms with E-state index >= 15 is 0 Å². The average Bonchev–Trinajstić information content (AvgIpc) is 3.04. The van der Waals surface area contributed by atoms with E-state index in [0.29, 0.717) is 37.0 Å². The van der Waals surface area contributed by atoms with E-state index in [4.69, 9.17) is 10.5 Å². The summed E-state index contributed by atoms with van der Waals surface area (Å²) in [5.41, 5.74) is 6.33. The van der Waals surface area contributed by atoms with Crippen LogP contribution >= 0.6 is 0 Å². The first kappa shape index (κ1) is 17.7. The lowest BCUT2D eigenvalue weighted by atomic mass is 10.1. The molecule has 1 aromatic heterocycles. The largest absolute Gasteiger partial charge is 0.439 e. The summed E-state index contributed by atoms with van der Waals surface area (Å²) in [6.07, 6.45) is 3.99. The van der Waals surface area contributed by atoms with Gasteiger partial charge in [0, 0.05) is 44.2 Å². The molecule has 0 saturated carbocycles. The lowest BCUT2D eigenvalue weighted by Crippen LogP contribution is -2.51. The molecule has 2 N–H and O–H groups in total. The maximum Gasteiger partial charge on any atom is 0.224 e. The van der Waals surface area contributed by atoms with Crippen LogP contribution in [0.5, 0.6) is 11.6 Å². The standard InChI is InChI=1S/C19H22FN5O2/c20-13-4-3-5-14(8-13)27-18-9-17(22-12-23-18)24-10-15(21)16(11-24)25-7-2-1-6-19(25)26/h3-5,8-9,12,15-16H,1-2,6-7,10-11,21H2/t15-,16-/m0/s1. The van der Waals surface area contributed by atoms with Crippen LogP contribution < -0.4 is 15.4 Å². The zero-order valence-electron chi connectivity index (χ0n) is 14.9. The van der Waals surface area contributed by atoms with Crippen molar-refractivity contribution in [3.8, 4) is 11.6 Å². The van der Waals surface area contributed by atoms with Gasteiger partial charge >= 0.3 is 0 Å². The number of hydrogen-bond acceptors (Lipinski definition) is 6. The number of carbonyl (C=O) groups excluding carboxylic acids is 1. The predicted molar refractivity (Wildman–Crippen MR) is 98.0 cm³/mol. The van der Waals surface area contributed by atoms with E-state index in [9.17, 15) is 9.18 Å². The Labute approximate surface area is 157 Å². The molecule has 2 saturated heterocycles. The first-order valence-electron chi connectivity index (χ1n) is 9.15. The molecule has 27 heavy (non-hydrogen) atoms. The van der Waals surface area contributed by atoms with Crippen LogP contribution in [0.1, 0.15) is 19.3 Å². The van der Waals surface area contributed by atoms with Crippen molar-refractivity contribution in [2.75, 3.05) is 24.5 Å². The highest BCUT2D eigenvalue weighted by Crippen LogP contribution is 2.27. The Morgan fingerprint density at radius 3 is 2.89 bits per heavy atom. The number of amides is 1. The van der Waals surface area contributed by atoms with Gasteiger partial charge in [-0.25, -0.2) is 14.4 Å². The minimum absolute atomic E-state index is 0.0136. The minimum atomic E-state index is -0.374. The number of ether oxygens (including phenoxy) is 1. The molecule has 8 heteroatoms. The molecule has 2 atom stereocenters. The van der Waals surface area contributed by atoms with Crippen molar-refractivity contribution >= 4 is 11.7 Å². The molecule has 4 rings (SSSR count). The normalized spacial score (nSPS) is 23.0. The van der Waals surface area contributed by atoms with Crippen molar-refractivity contribution in [2.45, 2.75) is 31.3 Å². The van der Waals surface area contributed by atoms with Crippen LogP contribution in [0.25, 0.3) is 0 Å². The Kier molecular flexibility index (Phi) is 4.89. The van der Waals surface area contributed by atoms with E-state index in [2.05, 4.69) is 9.97 Å². The number of hydrogen-bond donors (Lipinski definition) is 1. The summed E-state index contributed by atoms with van der Waals surface area (Å²) in [5.74, 6) is 1.19. The van der Waals surface area contributed by atoms with Gasteiger partial charge < -0.3 is 20.3 Å². The van der Waals surface area contributed by atoms with Crippen molar-refractivity contribution in [3.63, 3.8) is 0 Å². The molecule has 2 fully saturated rings. The first-order chi connectivity index (χ1) is 13.1. The second kappa shape index (κ2) is 7.48. The number of halogens is 1. The van der Waals surface area contributed by atoms with E-state index in [1.165, 1.54) is 18.5 Å². The average molecular weight is 371 g/mol. The van der Waals surface area contributed by atoms with Crippen molar-refractivity contribution in [1.29, 1.82) is 0 Å². The van der Waals surface area contributed by atoms with E-state index in [-0.39, 0.29) is 23.8 Å². The van der Waals surface area contributed by atoms with Crippen LogP contribution in [0.2, 0.25) is 0 Å². The zero-order chi connectivity index (χ0) is 18.8. The van der Waals surface area contributed by atoms with Crippen molar-refractivity contribution in [1.82, 2.24) is 14.9 Å². The third-order valence-corrected chi connectivity index (χ3v) is 5.06. The maximum atomic E-state index is 13.3. The van der Waals surface area contributed by atoms with Gasteiger partial charge in [-0.15, -0.1) is 0 Å². The number of piperidine rings is 1. The number of anilines is 1. The highest BCUT2D eigenvalue weighted by atomic mass is 19.1. The number of carbonyl (C=O) groups is 1. The Morgan fingerprint density at radius 2 is 2.07 bits per heavy atom. The van der Waals surface area contributed by atoms with Gasteiger partial charge in [-0.1, -0.05) is 6.07 Å². The summed E-state index contributed by atoms with van der Waals surface area (Å²) in [4.78, 5) is 24.6. The molecule has 2 aliphatic heterocycles. The quantitative estimate of drug-likeness (QED) is 0.884. The molecule has 0 unspecified atom stereocenters. The molecular weight excluding hydrogens is 349 g/mol. The van der Waals surface area contributed by atoms with Crippen LogP contribution in [0.4, 0.5) is 10.2 Å². The van der Waals surface area contributed by atoms with Gasteiger partial charge in [0.25, 0.3) is 0 Å². The van der Waals surface area contributed by atoms with E-state index in [0.717, 1.165) is 19.4 Å². The molecule has 0 aliphatic carbocycles. The van der Waals surface area contributed by atoms with Gasteiger partial charge in [-0.3, -0.25) is 4.79 Å². The highest BCUT2D eigenvalue weighted by molar-refractivity contribution is 5.77. The molecule has 0 radical (unpaired) electrons. The predicted octanol–water partition coefficient (Wildman–Crippen LogP) is 1.94. The monoisotopic (exact) mass is 371 g/mol. The number of benzene rings is 1. The molecule has 0 bridgehead atoms. The fourth-order valence-corrected chi connectivity index (χ4v) is 3.72. The van der Waals surface area contributed by atoms with Crippen molar-refractivity contribution in [3.05, 3.63) is 42.5 Å². The Hall–Kier alpha value is -2.74. The van der Waals surface area contributed by atoms with Gasteiger partial charge in [-0.05, 0) is 25.0 Å². The summed E-state index contributed by atoms with van der Waals surface area (Å²) < 4.78 is 19.0. The lowest BCUT2D eigenvalue weighted by molar-refractivity contribution is -0.135. The summed E-state index contributed by atoms with van der Waals surface area (Å²) in [7, 11) is 0.